The Morgan fingerprint density at radius 2 is 0.896 bits per heavy atom. The molecule has 1 fully saturated rings. The van der Waals surface area contributed by atoms with Crippen molar-refractivity contribution in [3.8, 4) is 0 Å². The van der Waals surface area contributed by atoms with Crippen LogP contribution in [-0.4, -0.2) is 110 Å². The van der Waals surface area contributed by atoms with E-state index < -0.39 is 74.2 Å². The number of carbonyl (C=O) groups excluding carboxylic acids is 1. The lowest BCUT2D eigenvalue weighted by molar-refractivity contribution is -0.303. The number of allylic oxidation sites excluding steroid dienone is 6. The molecule has 0 radical (unpaired) electrons. The van der Waals surface area contributed by atoms with Crippen LogP contribution in [0.15, 0.2) is 36.5 Å². The van der Waals surface area contributed by atoms with Crippen LogP contribution in [0.5, 0.6) is 0 Å². The van der Waals surface area contributed by atoms with Crippen LogP contribution in [0.3, 0.4) is 0 Å². The number of nitrogens with one attached hydrogen (secondary N) is 1. The highest BCUT2D eigenvalue weighted by Crippen LogP contribution is 2.23. The normalized spacial score (nSPS) is 20.9. The van der Waals surface area contributed by atoms with Gasteiger partial charge in [-0.25, -0.2) is 0 Å². The first kappa shape index (κ1) is 63.3. The first-order valence-electron chi connectivity index (χ1n) is 27.9. The number of hydrogen-bond donors (Lipinski definition) is 8. The number of unbranched alkanes of at least 4 members (excludes halogenated alkanes) is 29. The second kappa shape index (κ2) is 45.5. The largest absolute Gasteiger partial charge is 0.394 e. The predicted octanol–water partition coefficient (Wildman–Crippen LogP) is 11.1. The SMILES string of the molecule is CCCCCCCCCCC/C=C\CCCCCCCCC(O)C(=O)NC(COC1OC(CO)C(O)C(O)C1O)C(O)C(O)CCC/C=C/CC/C=C/CCCCCCCCCCCCCC. The van der Waals surface area contributed by atoms with E-state index in [4.69, 9.17) is 9.47 Å². The lowest BCUT2D eigenvalue weighted by Crippen LogP contribution is -2.60. The molecule has 0 spiro atoms. The molecule has 0 saturated carbocycles. The first-order valence-corrected chi connectivity index (χ1v) is 27.9. The molecule has 0 bridgehead atoms. The summed E-state index contributed by atoms with van der Waals surface area (Å²) in [7, 11) is 0. The third kappa shape index (κ3) is 34.3. The minimum atomic E-state index is -1.67. The fraction of sp³-hybridized carbons (Fsp3) is 0.875. The van der Waals surface area contributed by atoms with E-state index in [1.807, 2.05) is 0 Å². The Labute approximate surface area is 409 Å². The van der Waals surface area contributed by atoms with Gasteiger partial charge in [0.05, 0.1) is 25.4 Å². The molecule has 0 aliphatic carbocycles. The number of aliphatic hydroxyl groups excluding tert-OH is 7. The van der Waals surface area contributed by atoms with Gasteiger partial charge in [-0.3, -0.25) is 4.79 Å². The zero-order valence-corrected chi connectivity index (χ0v) is 42.9. The number of ether oxygens (including phenoxy) is 2. The number of hydrogen-bond acceptors (Lipinski definition) is 10. The zero-order valence-electron chi connectivity index (χ0n) is 42.9. The van der Waals surface area contributed by atoms with E-state index in [1.165, 1.54) is 141 Å². The summed E-state index contributed by atoms with van der Waals surface area (Å²) in [5.41, 5.74) is 0. The molecule has 0 aromatic carbocycles. The fourth-order valence-electron chi connectivity index (χ4n) is 8.81. The number of aliphatic hydroxyl groups is 7. The van der Waals surface area contributed by atoms with Gasteiger partial charge in [-0.15, -0.1) is 0 Å². The molecular weight excluding hydrogens is 847 g/mol. The van der Waals surface area contributed by atoms with Crippen molar-refractivity contribution in [2.75, 3.05) is 13.2 Å². The van der Waals surface area contributed by atoms with E-state index in [0.717, 1.165) is 57.8 Å². The van der Waals surface area contributed by atoms with Gasteiger partial charge >= 0.3 is 0 Å². The van der Waals surface area contributed by atoms with Gasteiger partial charge in [0.2, 0.25) is 5.91 Å². The lowest BCUT2D eigenvalue weighted by Gasteiger charge is -2.40. The highest BCUT2D eigenvalue weighted by molar-refractivity contribution is 5.80. The molecule has 394 valence electrons. The second-order valence-corrected chi connectivity index (χ2v) is 19.6. The smallest absolute Gasteiger partial charge is 0.249 e. The Hall–Kier alpha value is -1.67. The number of carbonyl (C=O) groups is 1. The van der Waals surface area contributed by atoms with Crippen LogP contribution in [-0.2, 0) is 14.3 Å². The van der Waals surface area contributed by atoms with E-state index in [9.17, 15) is 40.5 Å². The predicted molar refractivity (Wildman–Crippen MR) is 275 cm³/mol. The van der Waals surface area contributed by atoms with E-state index in [1.54, 1.807) is 0 Å². The summed E-state index contributed by atoms with van der Waals surface area (Å²) in [5, 5.41) is 76.0. The molecule has 11 heteroatoms. The Kier molecular flexibility index (Phi) is 43.0. The molecule has 1 aliphatic rings. The van der Waals surface area contributed by atoms with Crippen LogP contribution in [0.25, 0.3) is 0 Å². The summed E-state index contributed by atoms with van der Waals surface area (Å²) in [6.07, 6.45) is 43.4. The van der Waals surface area contributed by atoms with Crippen LogP contribution >= 0.6 is 0 Å². The van der Waals surface area contributed by atoms with Gasteiger partial charge in [0.1, 0.15) is 36.6 Å². The van der Waals surface area contributed by atoms with Crippen molar-refractivity contribution in [3.05, 3.63) is 36.5 Å². The van der Waals surface area contributed by atoms with Gasteiger partial charge in [0.15, 0.2) is 6.29 Å². The number of rotatable bonds is 47. The second-order valence-electron chi connectivity index (χ2n) is 19.6. The third-order valence-corrected chi connectivity index (χ3v) is 13.4. The Morgan fingerprint density at radius 3 is 1.33 bits per heavy atom. The van der Waals surface area contributed by atoms with E-state index in [2.05, 4.69) is 55.6 Å². The lowest BCUT2D eigenvalue weighted by atomic mass is 9.98. The van der Waals surface area contributed by atoms with Crippen LogP contribution in [0, 0.1) is 0 Å². The molecule has 1 rings (SSSR count). The molecule has 9 atom stereocenters. The van der Waals surface area contributed by atoms with Crippen molar-refractivity contribution >= 4 is 5.91 Å². The maximum atomic E-state index is 13.2. The first-order chi connectivity index (χ1) is 32.7. The molecule has 0 aromatic rings. The van der Waals surface area contributed by atoms with Crippen LogP contribution < -0.4 is 5.32 Å². The van der Waals surface area contributed by atoms with Crippen molar-refractivity contribution in [2.24, 2.45) is 0 Å². The quantitative estimate of drug-likeness (QED) is 0.0215. The fourth-order valence-corrected chi connectivity index (χ4v) is 8.81. The maximum absolute atomic E-state index is 13.2. The summed E-state index contributed by atoms with van der Waals surface area (Å²) < 4.78 is 11.1. The maximum Gasteiger partial charge on any atom is 0.249 e. The molecule has 1 saturated heterocycles. The van der Waals surface area contributed by atoms with Gasteiger partial charge in [-0.2, -0.15) is 0 Å². The minimum absolute atomic E-state index is 0.244. The summed E-state index contributed by atoms with van der Waals surface area (Å²) >= 11 is 0. The van der Waals surface area contributed by atoms with E-state index in [-0.39, 0.29) is 12.8 Å². The van der Waals surface area contributed by atoms with Crippen molar-refractivity contribution in [1.82, 2.24) is 5.32 Å². The standard InChI is InChI=1S/C56H105NO10/c1-3-5-7-9-11-13-15-17-19-21-23-24-26-27-29-31-33-35-37-39-41-43-48(59)51(61)47(46-66-56-54(64)53(63)52(62)50(45-58)67-56)57-55(65)49(60)44-42-40-38-36-34-32-30-28-25-22-20-18-16-14-12-10-8-6-4-2/h25,27-29,35,37,47-54,56,58-64H,3-24,26,30-34,36,38-46H2,1-2H3,(H,57,65)/b28-25-,29-27+,37-35+. The monoisotopic (exact) mass is 952 g/mol. The Balaban J connectivity index is 2.39. The Bertz CT molecular complexity index is 1180. The highest BCUT2D eigenvalue weighted by atomic mass is 16.7. The zero-order chi connectivity index (χ0) is 49.0. The van der Waals surface area contributed by atoms with Crippen LogP contribution in [0.2, 0.25) is 0 Å². The summed E-state index contributed by atoms with van der Waals surface area (Å²) in [6.45, 7) is 3.45. The average Bonchev–Trinajstić information content (AvgIpc) is 3.33. The average molecular weight is 952 g/mol. The molecule has 1 aliphatic heterocycles. The van der Waals surface area contributed by atoms with Crippen LogP contribution in [0.1, 0.15) is 245 Å². The minimum Gasteiger partial charge on any atom is -0.394 e. The van der Waals surface area contributed by atoms with Gasteiger partial charge in [-0.1, -0.05) is 204 Å². The topological polar surface area (TPSA) is 189 Å². The molecular formula is C56H105NO10. The van der Waals surface area contributed by atoms with Crippen LogP contribution in [0.4, 0.5) is 0 Å². The van der Waals surface area contributed by atoms with Crippen molar-refractivity contribution in [3.63, 3.8) is 0 Å². The number of amides is 1. The van der Waals surface area contributed by atoms with E-state index in [0.29, 0.717) is 19.3 Å². The van der Waals surface area contributed by atoms with Crippen molar-refractivity contribution < 1.29 is 50.0 Å². The highest BCUT2D eigenvalue weighted by Gasteiger charge is 2.44. The van der Waals surface area contributed by atoms with Crippen molar-refractivity contribution in [1.29, 1.82) is 0 Å². The molecule has 67 heavy (non-hydrogen) atoms. The molecule has 1 amide bonds. The molecule has 0 aromatic heterocycles. The molecule has 8 N–H and O–H groups in total. The molecule has 1 heterocycles. The molecule has 9 unspecified atom stereocenters. The van der Waals surface area contributed by atoms with Gasteiger partial charge in [0, 0.05) is 0 Å². The Morgan fingerprint density at radius 1 is 0.507 bits per heavy atom. The summed E-state index contributed by atoms with van der Waals surface area (Å²) in [5.74, 6) is -0.714. The summed E-state index contributed by atoms with van der Waals surface area (Å²) in [6, 6.07) is -1.19. The van der Waals surface area contributed by atoms with Gasteiger partial charge < -0.3 is 50.5 Å². The van der Waals surface area contributed by atoms with Crippen molar-refractivity contribution in [2.45, 2.75) is 300 Å². The van der Waals surface area contributed by atoms with Gasteiger partial charge in [-0.05, 0) is 77.0 Å². The van der Waals surface area contributed by atoms with E-state index >= 15 is 0 Å². The third-order valence-electron chi connectivity index (χ3n) is 13.4. The molecule has 11 nitrogen and oxygen atoms in total. The van der Waals surface area contributed by atoms with Gasteiger partial charge in [0.25, 0.3) is 0 Å². The summed E-state index contributed by atoms with van der Waals surface area (Å²) in [4.78, 5) is 13.2.